The van der Waals surface area contributed by atoms with E-state index >= 15 is 0 Å². The Kier molecular flexibility index (Phi) is 7.07. The minimum Gasteiger partial charge on any atom is -0.357 e. The normalized spacial score (nSPS) is 22.4. The van der Waals surface area contributed by atoms with Crippen LogP contribution in [0.4, 0.5) is 4.39 Å². The minimum absolute atomic E-state index is 0.104. The molecule has 1 aliphatic carbocycles. The molecule has 0 radical (unpaired) electrons. The number of aliphatic imine (C=N–C) groups is 1. The van der Waals surface area contributed by atoms with Crippen LogP contribution in [0.1, 0.15) is 38.2 Å². The van der Waals surface area contributed by atoms with E-state index < -0.39 is 0 Å². The van der Waals surface area contributed by atoms with Crippen LogP contribution in [0.15, 0.2) is 29.3 Å². The van der Waals surface area contributed by atoms with Crippen LogP contribution in [-0.4, -0.2) is 49.5 Å². The average molecular weight is 375 g/mol. The van der Waals surface area contributed by atoms with Crippen LogP contribution in [0.25, 0.3) is 0 Å². The van der Waals surface area contributed by atoms with Gasteiger partial charge < -0.3 is 15.5 Å². The highest BCUT2D eigenvalue weighted by atomic mass is 19.1. The number of hydrogen-bond donors (Lipinski definition) is 2. The first-order valence-electron chi connectivity index (χ1n) is 10.2. The van der Waals surface area contributed by atoms with E-state index in [1.165, 1.54) is 37.8 Å². The first kappa shape index (κ1) is 19.6. The summed E-state index contributed by atoms with van der Waals surface area (Å²) in [5.74, 6) is 2.17. The Bertz CT molecular complexity index is 649. The van der Waals surface area contributed by atoms with Crippen molar-refractivity contribution in [3.05, 3.63) is 35.6 Å². The van der Waals surface area contributed by atoms with Crippen molar-refractivity contribution >= 4 is 11.9 Å². The Hall–Kier alpha value is -2.11. The zero-order valence-electron chi connectivity index (χ0n) is 16.2. The Balaban J connectivity index is 1.45. The number of amides is 1. The number of nitrogens with one attached hydrogen (secondary N) is 2. The van der Waals surface area contributed by atoms with Crippen LogP contribution in [0.3, 0.4) is 0 Å². The molecule has 3 rings (SSSR count). The SMILES string of the molecule is CCNC(=NCCNC(=O)Cc1cccc(F)c1)N1CC2CCCCC2C1. The highest BCUT2D eigenvalue weighted by Gasteiger charge is 2.35. The summed E-state index contributed by atoms with van der Waals surface area (Å²) in [5, 5.41) is 6.26. The van der Waals surface area contributed by atoms with Gasteiger partial charge in [0.05, 0.1) is 13.0 Å². The van der Waals surface area contributed by atoms with E-state index in [-0.39, 0.29) is 18.1 Å². The fourth-order valence-corrected chi connectivity index (χ4v) is 4.26. The van der Waals surface area contributed by atoms with Crippen molar-refractivity contribution in [3.63, 3.8) is 0 Å². The Labute approximate surface area is 161 Å². The van der Waals surface area contributed by atoms with Gasteiger partial charge in [0.25, 0.3) is 0 Å². The van der Waals surface area contributed by atoms with E-state index in [9.17, 15) is 9.18 Å². The smallest absolute Gasteiger partial charge is 0.224 e. The largest absolute Gasteiger partial charge is 0.357 e. The van der Waals surface area contributed by atoms with Gasteiger partial charge in [-0.1, -0.05) is 25.0 Å². The third kappa shape index (κ3) is 5.68. The lowest BCUT2D eigenvalue weighted by Crippen LogP contribution is -2.41. The number of carbonyl (C=O) groups is 1. The van der Waals surface area contributed by atoms with Gasteiger partial charge in [0, 0.05) is 26.2 Å². The standard InChI is InChI=1S/C21H31FN4O/c1-2-23-21(26-14-17-7-3-4-8-18(17)15-26)25-11-10-24-20(27)13-16-6-5-9-19(22)12-16/h5-6,9,12,17-18H,2-4,7-8,10-11,13-15H2,1H3,(H,23,25)(H,24,27). The molecule has 1 saturated carbocycles. The van der Waals surface area contributed by atoms with E-state index in [4.69, 9.17) is 4.99 Å². The van der Waals surface area contributed by atoms with Gasteiger partial charge in [0.1, 0.15) is 5.82 Å². The van der Waals surface area contributed by atoms with Crippen molar-refractivity contribution in [1.82, 2.24) is 15.5 Å². The van der Waals surface area contributed by atoms with Crippen molar-refractivity contribution in [2.24, 2.45) is 16.8 Å². The quantitative estimate of drug-likeness (QED) is 0.457. The van der Waals surface area contributed by atoms with Gasteiger partial charge >= 0.3 is 0 Å². The van der Waals surface area contributed by atoms with E-state index in [0.29, 0.717) is 18.7 Å². The predicted octanol–water partition coefficient (Wildman–Crippen LogP) is 2.57. The van der Waals surface area contributed by atoms with E-state index in [1.54, 1.807) is 12.1 Å². The summed E-state index contributed by atoms with van der Waals surface area (Å²) in [5.41, 5.74) is 0.684. The third-order valence-electron chi connectivity index (χ3n) is 5.56. The summed E-state index contributed by atoms with van der Waals surface area (Å²) >= 11 is 0. The number of hydrogen-bond acceptors (Lipinski definition) is 2. The first-order valence-corrected chi connectivity index (χ1v) is 10.2. The molecule has 1 aromatic rings. The average Bonchev–Trinajstić information content (AvgIpc) is 3.08. The summed E-state index contributed by atoms with van der Waals surface area (Å²) in [4.78, 5) is 19.1. The number of guanidine groups is 1. The third-order valence-corrected chi connectivity index (χ3v) is 5.56. The Morgan fingerprint density at radius 1 is 1.22 bits per heavy atom. The molecule has 0 aromatic heterocycles. The molecule has 1 aliphatic heterocycles. The van der Waals surface area contributed by atoms with Gasteiger partial charge in [0.2, 0.25) is 5.91 Å². The molecule has 148 valence electrons. The van der Waals surface area contributed by atoms with Crippen molar-refractivity contribution in [2.75, 3.05) is 32.7 Å². The molecule has 0 spiro atoms. The van der Waals surface area contributed by atoms with Crippen LogP contribution in [0.2, 0.25) is 0 Å². The maximum absolute atomic E-state index is 13.2. The molecule has 1 amide bonds. The van der Waals surface area contributed by atoms with E-state index in [2.05, 4.69) is 22.5 Å². The van der Waals surface area contributed by atoms with E-state index in [0.717, 1.165) is 37.4 Å². The second-order valence-electron chi connectivity index (χ2n) is 7.60. The van der Waals surface area contributed by atoms with Crippen LogP contribution in [0, 0.1) is 17.7 Å². The molecule has 5 nitrogen and oxygen atoms in total. The van der Waals surface area contributed by atoms with Gasteiger partial charge in [-0.3, -0.25) is 9.79 Å². The molecule has 1 heterocycles. The predicted molar refractivity (Wildman–Crippen MR) is 106 cm³/mol. The zero-order valence-corrected chi connectivity index (χ0v) is 16.2. The van der Waals surface area contributed by atoms with Gasteiger partial charge in [-0.25, -0.2) is 4.39 Å². The minimum atomic E-state index is -0.314. The second kappa shape index (κ2) is 9.72. The van der Waals surface area contributed by atoms with E-state index in [1.807, 2.05) is 0 Å². The van der Waals surface area contributed by atoms with Crippen LogP contribution >= 0.6 is 0 Å². The molecule has 6 heteroatoms. The molecule has 1 saturated heterocycles. The number of nitrogens with zero attached hydrogens (tertiary/aromatic N) is 2. The molecular weight excluding hydrogens is 343 g/mol. The highest BCUT2D eigenvalue weighted by molar-refractivity contribution is 5.80. The van der Waals surface area contributed by atoms with Crippen molar-refractivity contribution in [1.29, 1.82) is 0 Å². The van der Waals surface area contributed by atoms with Gasteiger partial charge in [0.15, 0.2) is 5.96 Å². The topological polar surface area (TPSA) is 56.7 Å². The second-order valence-corrected chi connectivity index (χ2v) is 7.60. The molecule has 1 aromatic carbocycles. The zero-order chi connectivity index (χ0) is 19.1. The van der Waals surface area contributed by atoms with Crippen molar-refractivity contribution in [2.45, 2.75) is 39.0 Å². The summed E-state index contributed by atoms with van der Waals surface area (Å²) in [6.45, 7) is 6.16. The molecule has 27 heavy (non-hydrogen) atoms. The number of likely N-dealkylation sites (tertiary alicyclic amines) is 1. The summed E-state index contributed by atoms with van der Waals surface area (Å²) in [7, 11) is 0. The van der Waals surface area contributed by atoms with Crippen LogP contribution in [0.5, 0.6) is 0 Å². The Morgan fingerprint density at radius 3 is 2.63 bits per heavy atom. The Morgan fingerprint density at radius 2 is 1.96 bits per heavy atom. The van der Waals surface area contributed by atoms with Crippen molar-refractivity contribution < 1.29 is 9.18 Å². The fourth-order valence-electron chi connectivity index (χ4n) is 4.26. The summed E-state index contributed by atoms with van der Waals surface area (Å²) in [6.07, 6.45) is 5.60. The lowest BCUT2D eigenvalue weighted by atomic mass is 9.82. The summed E-state index contributed by atoms with van der Waals surface area (Å²) < 4.78 is 13.2. The number of carbonyl (C=O) groups excluding carboxylic acids is 1. The number of halogens is 1. The van der Waals surface area contributed by atoms with Crippen LogP contribution < -0.4 is 10.6 Å². The maximum atomic E-state index is 13.2. The van der Waals surface area contributed by atoms with Gasteiger partial charge in [-0.05, 0) is 49.3 Å². The molecule has 2 N–H and O–H groups in total. The molecule has 0 bridgehead atoms. The number of rotatable bonds is 6. The molecule has 2 unspecified atom stereocenters. The number of benzene rings is 1. The summed E-state index contributed by atoms with van der Waals surface area (Å²) in [6, 6.07) is 6.16. The van der Waals surface area contributed by atoms with Crippen LogP contribution in [-0.2, 0) is 11.2 Å². The molecular formula is C21H31FN4O. The van der Waals surface area contributed by atoms with Gasteiger partial charge in [-0.15, -0.1) is 0 Å². The van der Waals surface area contributed by atoms with Crippen molar-refractivity contribution in [3.8, 4) is 0 Å². The fraction of sp³-hybridized carbons (Fsp3) is 0.619. The maximum Gasteiger partial charge on any atom is 0.224 e. The highest BCUT2D eigenvalue weighted by Crippen LogP contribution is 2.35. The van der Waals surface area contributed by atoms with Gasteiger partial charge in [-0.2, -0.15) is 0 Å². The number of fused-ring (bicyclic) bond motifs is 1. The lowest BCUT2D eigenvalue weighted by molar-refractivity contribution is -0.120. The molecule has 2 fully saturated rings. The monoisotopic (exact) mass is 374 g/mol. The molecule has 2 atom stereocenters. The lowest BCUT2D eigenvalue weighted by Gasteiger charge is -2.22. The molecule has 2 aliphatic rings. The first-order chi connectivity index (χ1) is 13.2.